The standard InChI is InChI=1S/C13H14Cl2N2O2S/c1-13(4-5-20(18,19)8-13)17-11-3-2-9(15)6-10(11)16-12(17)7-14/h2-3,6H,4-5,7-8H2,1H3. The first-order chi connectivity index (χ1) is 9.35. The first kappa shape index (κ1) is 14.2. The molecule has 3 rings (SSSR count). The number of rotatable bonds is 2. The van der Waals surface area contributed by atoms with Gasteiger partial charge in [-0.2, -0.15) is 0 Å². The number of hydrogen-bond acceptors (Lipinski definition) is 3. The van der Waals surface area contributed by atoms with Crippen molar-refractivity contribution in [3.63, 3.8) is 0 Å². The second kappa shape index (κ2) is 4.61. The van der Waals surface area contributed by atoms with Crippen LogP contribution >= 0.6 is 23.2 Å². The van der Waals surface area contributed by atoms with Gasteiger partial charge < -0.3 is 4.57 Å². The second-order valence-electron chi connectivity index (χ2n) is 5.47. The number of imidazole rings is 1. The number of halogens is 2. The molecule has 108 valence electrons. The molecule has 0 amide bonds. The van der Waals surface area contributed by atoms with E-state index in [0.29, 0.717) is 17.3 Å². The first-order valence-electron chi connectivity index (χ1n) is 6.28. The fourth-order valence-corrected chi connectivity index (χ4v) is 5.43. The number of fused-ring (bicyclic) bond motifs is 1. The number of hydrogen-bond donors (Lipinski definition) is 0. The average molecular weight is 333 g/mol. The van der Waals surface area contributed by atoms with Crippen molar-refractivity contribution < 1.29 is 8.42 Å². The molecule has 1 aliphatic heterocycles. The summed E-state index contributed by atoms with van der Waals surface area (Å²) in [6.45, 7) is 1.95. The molecule has 7 heteroatoms. The maximum absolute atomic E-state index is 11.8. The monoisotopic (exact) mass is 332 g/mol. The molecule has 0 radical (unpaired) electrons. The molecule has 2 heterocycles. The van der Waals surface area contributed by atoms with Crippen LogP contribution in [0, 0.1) is 0 Å². The topological polar surface area (TPSA) is 52.0 Å². The highest BCUT2D eigenvalue weighted by Crippen LogP contribution is 2.35. The van der Waals surface area contributed by atoms with E-state index in [9.17, 15) is 8.42 Å². The highest BCUT2D eigenvalue weighted by Gasteiger charge is 2.41. The highest BCUT2D eigenvalue weighted by atomic mass is 35.5. The summed E-state index contributed by atoms with van der Waals surface area (Å²) in [4.78, 5) is 4.48. The predicted octanol–water partition coefficient (Wildman–Crippen LogP) is 2.96. The molecule has 4 nitrogen and oxygen atoms in total. The van der Waals surface area contributed by atoms with Crippen molar-refractivity contribution in [3.05, 3.63) is 29.0 Å². The molecule has 1 atom stereocenters. The number of benzene rings is 1. The third kappa shape index (κ3) is 2.22. The minimum absolute atomic E-state index is 0.123. The Balaban J connectivity index is 2.25. The van der Waals surface area contributed by atoms with Crippen LogP contribution < -0.4 is 0 Å². The van der Waals surface area contributed by atoms with Gasteiger partial charge in [-0.3, -0.25) is 0 Å². The van der Waals surface area contributed by atoms with Crippen molar-refractivity contribution in [3.8, 4) is 0 Å². The van der Waals surface area contributed by atoms with Gasteiger partial charge in [0.1, 0.15) is 5.82 Å². The lowest BCUT2D eigenvalue weighted by Crippen LogP contribution is -2.32. The van der Waals surface area contributed by atoms with Crippen molar-refractivity contribution in [2.24, 2.45) is 0 Å². The lowest BCUT2D eigenvalue weighted by molar-refractivity contribution is 0.367. The van der Waals surface area contributed by atoms with Crippen molar-refractivity contribution >= 4 is 44.1 Å². The van der Waals surface area contributed by atoms with Gasteiger partial charge >= 0.3 is 0 Å². The summed E-state index contributed by atoms with van der Waals surface area (Å²) in [5.74, 6) is 1.25. The molecule has 0 bridgehead atoms. The highest BCUT2D eigenvalue weighted by molar-refractivity contribution is 7.91. The van der Waals surface area contributed by atoms with Crippen molar-refractivity contribution in [1.82, 2.24) is 9.55 Å². The minimum Gasteiger partial charge on any atom is -0.320 e. The Hall–Kier alpha value is -0.780. The van der Waals surface area contributed by atoms with Crippen molar-refractivity contribution in [2.75, 3.05) is 11.5 Å². The van der Waals surface area contributed by atoms with Gasteiger partial charge in [0.2, 0.25) is 0 Å². The summed E-state index contributed by atoms with van der Waals surface area (Å²) in [7, 11) is -3.00. The van der Waals surface area contributed by atoms with E-state index in [0.717, 1.165) is 11.0 Å². The van der Waals surface area contributed by atoms with E-state index < -0.39 is 15.4 Å². The summed E-state index contributed by atoms with van der Waals surface area (Å²) in [5, 5.41) is 0.604. The van der Waals surface area contributed by atoms with E-state index in [-0.39, 0.29) is 17.4 Å². The molecule has 1 fully saturated rings. The van der Waals surface area contributed by atoms with E-state index >= 15 is 0 Å². The number of sulfone groups is 1. The van der Waals surface area contributed by atoms with Crippen LogP contribution in [0.5, 0.6) is 0 Å². The molecule has 0 spiro atoms. The van der Waals surface area contributed by atoms with Crippen LogP contribution in [0.25, 0.3) is 11.0 Å². The lowest BCUT2D eigenvalue weighted by atomic mass is 10.0. The van der Waals surface area contributed by atoms with E-state index in [2.05, 4.69) is 4.98 Å². The van der Waals surface area contributed by atoms with E-state index in [1.165, 1.54) is 0 Å². The van der Waals surface area contributed by atoms with E-state index in [1.54, 1.807) is 12.1 Å². The summed E-state index contributed by atoms with van der Waals surface area (Å²) in [6.07, 6.45) is 0.577. The zero-order valence-electron chi connectivity index (χ0n) is 10.9. The fourth-order valence-electron chi connectivity index (χ4n) is 2.97. The van der Waals surface area contributed by atoms with Gasteiger partial charge in [0.25, 0.3) is 0 Å². The second-order valence-corrected chi connectivity index (χ2v) is 8.36. The van der Waals surface area contributed by atoms with Crippen LogP contribution in [0.3, 0.4) is 0 Å². The van der Waals surface area contributed by atoms with Crippen molar-refractivity contribution in [1.29, 1.82) is 0 Å². The Kier molecular flexibility index (Phi) is 3.27. The molecule has 0 aliphatic carbocycles. The molecule has 0 saturated carbocycles. The molecule has 1 aromatic carbocycles. The molecule has 1 aromatic heterocycles. The van der Waals surface area contributed by atoms with Gasteiger partial charge in [0, 0.05) is 5.02 Å². The van der Waals surface area contributed by atoms with Crippen LogP contribution in [-0.4, -0.2) is 29.5 Å². The SMILES string of the molecule is CC1(n2c(CCl)nc3cc(Cl)ccc32)CCS(=O)(=O)C1. The molecule has 0 N–H and O–H groups in total. The van der Waals surface area contributed by atoms with Gasteiger partial charge in [-0.05, 0) is 31.5 Å². The van der Waals surface area contributed by atoms with Gasteiger partial charge in [-0.25, -0.2) is 13.4 Å². The molecular weight excluding hydrogens is 319 g/mol. The average Bonchev–Trinajstić information content (AvgIpc) is 2.86. The largest absolute Gasteiger partial charge is 0.320 e. The Morgan fingerprint density at radius 3 is 2.80 bits per heavy atom. The summed E-state index contributed by atoms with van der Waals surface area (Å²) < 4.78 is 25.7. The van der Waals surface area contributed by atoms with Crippen molar-refractivity contribution in [2.45, 2.75) is 24.8 Å². The smallest absolute Gasteiger partial charge is 0.152 e. The van der Waals surface area contributed by atoms with Crippen LogP contribution in [0.4, 0.5) is 0 Å². The third-order valence-corrected chi connectivity index (χ3v) is 6.19. The van der Waals surface area contributed by atoms with Crippen LogP contribution in [0.15, 0.2) is 18.2 Å². The maximum Gasteiger partial charge on any atom is 0.152 e. The number of nitrogens with zero attached hydrogens (tertiary/aromatic N) is 2. The molecule has 1 unspecified atom stereocenters. The zero-order valence-corrected chi connectivity index (χ0v) is 13.3. The van der Waals surface area contributed by atoms with E-state index in [1.807, 2.05) is 17.6 Å². The molecular formula is C13H14Cl2N2O2S. The van der Waals surface area contributed by atoms with Gasteiger partial charge in [-0.1, -0.05) is 11.6 Å². The molecule has 2 aromatic rings. The number of alkyl halides is 1. The summed E-state index contributed by atoms with van der Waals surface area (Å²) in [6, 6.07) is 5.43. The fraction of sp³-hybridized carbons (Fsp3) is 0.462. The van der Waals surface area contributed by atoms with Crippen LogP contribution in [-0.2, 0) is 21.3 Å². The third-order valence-electron chi connectivity index (χ3n) is 3.83. The predicted molar refractivity (Wildman–Crippen MR) is 81.2 cm³/mol. The van der Waals surface area contributed by atoms with Crippen LogP contribution in [0.1, 0.15) is 19.2 Å². The summed E-state index contributed by atoms with van der Waals surface area (Å²) >= 11 is 12.0. The number of aromatic nitrogens is 2. The molecule has 20 heavy (non-hydrogen) atoms. The zero-order chi connectivity index (χ0) is 14.5. The Morgan fingerprint density at radius 1 is 1.45 bits per heavy atom. The summed E-state index contributed by atoms with van der Waals surface area (Å²) in [5.41, 5.74) is 1.13. The van der Waals surface area contributed by atoms with Gasteiger partial charge in [0.05, 0.1) is 34.0 Å². The Morgan fingerprint density at radius 2 is 2.20 bits per heavy atom. The lowest BCUT2D eigenvalue weighted by Gasteiger charge is -2.27. The van der Waals surface area contributed by atoms with Crippen LogP contribution in [0.2, 0.25) is 5.02 Å². The quantitative estimate of drug-likeness (QED) is 0.794. The normalized spacial score (nSPS) is 25.4. The van der Waals surface area contributed by atoms with Gasteiger partial charge in [-0.15, -0.1) is 11.6 Å². The van der Waals surface area contributed by atoms with Gasteiger partial charge in [0.15, 0.2) is 9.84 Å². The maximum atomic E-state index is 11.8. The minimum atomic E-state index is -3.00. The first-order valence-corrected chi connectivity index (χ1v) is 9.02. The Bertz CT molecular complexity index is 785. The molecule has 1 aliphatic rings. The Labute approximate surface area is 127 Å². The van der Waals surface area contributed by atoms with E-state index in [4.69, 9.17) is 23.2 Å². The molecule has 1 saturated heterocycles.